The molecule has 2 N–H and O–H groups in total. The van der Waals surface area contributed by atoms with E-state index in [1.165, 1.54) is 12.1 Å². The molecule has 0 amide bonds. The molecule has 1 aromatic heterocycles. The first-order valence-corrected chi connectivity index (χ1v) is 5.57. The number of rotatable bonds is 3. The van der Waals surface area contributed by atoms with E-state index in [9.17, 15) is 9.50 Å². The average molecular weight is 285 g/mol. The van der Waals surface area contributed by atoms with Gasteiger partial charge in [-0.2, -0.15) is 0 Å². The molecule has 1 heterocycles. The van der Waals surface area contributed by atoms with E-state index in [2.05, 4.69) is 25.9 Å². The van der Waals surface area contributed by atoms with Crippen LogP contribution in [0.15, 0.2) is 35.1 Å². The van der Waals surface area contributed by atoms with Crippen molar-refractivity contribution in [1.29, 1.82) is 0 Å². The highest BCUT2D eigenvalue weighted by atomic mass is 79.9. The van der Waals surface area contributed by atoms with Crippen molar-refractivity contribution in [3.8, 4) is 0 Å². The highest BCUT2D eigenvalue weighted by molar-refractivity contribution is 9.10. The van der Waals surface area contributed by atoms with Crippen molar-refractivity contribution in [2.75, 3.05) is 0 Å². The van der Waals surface area contributed by atoms with E-state index in [0.29, 0.717) is 16.7 Å². The minimum Gasteiger partial charge on any atom is -0.385 e. The van der Waals surface area contributed by atoms with Crippen LogP contribution in [-0.2, 0) is 6.42 Å². The maximum Gasteiger partial charge on any atom is 0.135 e. The number of H-pyrrole nitrogens is 1. The second-order valence-corrected chi connectivity index (χ2v) is 4.39. The zero-order chi connectivity index (χ0) is 11.5. The number of aliphatic hydroxyl groups is 1. The van der Waals surface area contributed by atoms with Gasteiger partial charge in [0.05, 0.1) is 0 Å². The quantitative estimate of drug-likeness (QED) is 0.910. The molecule has 0 aliphatic rings. The molecule has 5 heteroatoms. The standard InChI is InChI=1S/C11H10BrFN2O/c12-8-3-7(4-9(13)6-8)5-10(16)11-14-1-2-15-11/h1-4,6,10,16H,5H2,(H,14,15). The molecule has 16 heavy (non-hydrogen) atoms. The van der Waals surface area contributed by atoms with E-state index >= 15 is 0 Å². The largest absolute Gasteiger partial charge is 0.385 e. The molecule has 0 spiro atoms. The van der Waals surface area contributed by atoms with Crippen LogP contribution in [0.3, 0.4) is 0 Å². The zero-order valence-corrected chi connectivity index (χ0v) is 9.91. The fraction of sp³-hybridized carbons (Fsp3) is 0.182. The lowest BCUT2D eigenvalue weighted by atomic mass is 10.1. The Hall–Kier alpha value is -1.20. The van der Waals surface area contributed by atoms with Gasteiger partial charge in [-0.3, -0.25) is 0 Å². The molecule has 0 radical (unpaired) electrons. The smallest absolute Gasteiger partial charge is 0.135 e. The summed E-state index contributed by atoms with van der Waals surface area (Å²) in [6.07, 6.45) is 2.79. The highest BCUT2D eigenvalue weighted by Crippen LogP contribution is 2.19. The number of nitrogens with zero attached hydrogens (tertiary/aromatic N) is 1. The number of aliphatic hydroxyl groups excluding tert-OH is 1. The molecule has 1 atom stereocenters. The molecule has 0 aliphatic heterocycles. The van der Waals surface area contributed by atoms with Crippen LogP contribution < -0.4 is 0 Å². The summed E-state index contributed by atoms with van der Waals surface area (Å²) in [5.41, 5.74) is 0.718. The van der Waals surface area contributed by atoms with E-state index in [1.807, 2.05) is 0 Å². The second-order valence-electron chi connectivity index (χ2n) is 3.47. The fourth-order valence-corrected chi connectivity index (χ4v) is 2.02. The normalized spacial score (nSPS) is 12.7. The van der Waals surface area contributed by atoms with Crippen LogP contribution in [0.25, 0.3) is 0 Å². The topological polar surface area (TPSA) is 48.9 Å². The highest BCUT2D eigenvalue weighted by Gasteiger charge is 2.11. The summed E-state index contributed by atoms with van der Waals surface area (Å²) in [5, 5.41) is 9.81. The van der Waals surface area contributed by atoms with Gasteiger partial charge in [0, 0.05) is 23.3 Å². The molecule has 2 rings (SSSR count). The summed E-state index contributed by atoms with van der Waals surface area (Å²) in [5.74, 6) is 0.163. The summed E-state index contributed by atoms with van der Waals surface area (Å²) in [6.45, 7) is 0. The first-order valence-electron chi connectivity index (χ1n) is 4.77. The monoisotopic (exact) mass is 284 g/mol. The molecular formula is C11H10BrFN2O. The molecule has 0 fully saturated rings. The van der Waals surface area contributed by atoms with Crippen LogP contribution >= 0.6 is 15.9 Å². The number of benzene rings is 1. The van der Waals surface area contributed by atoms with Crippen molar-refractivity contribution in [2.45, 2.75) is 12.5 Å². The number of aromatic amines is 1. The van der Waals surface area contributed by atoms with Crippen LogP contribution in [0.1, 0.15) is 17.5 Å². The summed E-state index contributed by atoms with van der Waals surface area (Å²) >= 11 is 3.21. The van der Waals surface area contributed by atoms with Crippen molar-refractivity contribution in [3.05, 3.63) is 52.3 Å². The molecule has 1 unspecified atom stereocenters. The molecule has 0 saturated carbocycles. The zero-order valence-electron chi connectivity index (χ0n) is 8.32. The van der Waals surface area contributed by atoms with Crippen LogP contribution in [0.5, 0.6) is 0 Å². The Bertz CT molecular complexity index is 453. The average Bonchev–Trinajstić information content (AvgIpc) is 2.68. The third-order valence-electron chi connectivity index (χ3n) is 2.19. The van der Waals surface area contributed by atoms with Crippen LogP contribution in [0.4, 0.5) is 4.39 Å². The third-order valence-corrected chi connectivity index (χ3v) is 2.64. The van der Waals surface area contributed by atoms with Crippen molar-refractivity contribution < 1.29 is 9.50 Å². The summed E-state index contributed by atoms with van der Waals surface area (Å²) in [4.78, 5) is 6.77. The Balaban J connectivity index is 2.15. The van der Waals surface area contributed by atoms with E-state index in [-0.39, 0.29) is 5.82 Å². The Labute approximate surface area is 100 Å². The van der Waals surface area contributed by atoms with E-state index in [1.54, 1.807) is 18.5 Å². The first kappa shape index (κ1) is 11.3. The van der Waals surface area contributed by atoms with E-state index in [0.717, 1.165) is 5.56 Å². The number of nitrogens with one attached hydrogen (secondary N) is 1. The van der Waals surface area contributed by atoms with Crippen molar-refractivity contribution in [3.63, 3.8) is 0 Å². The molecule has 1 aromatic carbocycles. The minimum atomic E-state index is -0.747. The van der Waals surface area contributed by atoms with Gasteiger partial charge < -0.3 is 10.1 Å². The number of halogens is 2. The van der Waals surface area contributed by atoms with Crippen molar-refractivity contribution in [1.82, 2.24) is 9.97 Å². The first-order chi connectivity index (χ1) is 7.65. The number of hydrogen-bond donors (Lipinski definition) is 2. The van der Waals surface area contributed by atoms with Gasteiger partial charge in [0.15, 0.2) is 0 Å². The van der Waals surface area contributed by atoms with Gasteiger partial charge in [0.1, 0.15) is 17.7 Å². The lowest BCUT2D eigenvalue weighted by Crippen LogP contribution is -2.04. The number of hydrogen-bond acceptors (Lipinski definition) is 2. The van der Waals surface area contributed by atoms with Gasteiger partial charge >= 0.3 is 0 Å². The summed E-state index contributed by atoms with van der Waals surface area (Å²) in [7, 11) is 0. The molecule has 0 bridgehead atoms. The molecule has 2 aromatic rings. The Kier molecular flexibility index (Phi) is 3.36. The Morgan fingerprint density at radius 3 is 2.88 bits per heavy atom. The summed E-state index contributed by atoms with van der Waals surface area (Å²) in [6, 6.07) is 4.55. The van der Waals surface area contributed by atoms with Crippen LogP contribution in [0, 0.1) is 5.82 Å². The van der Waals surface area contributed by atoms with Crippen molar-refractivity contribution >= 4 is 15.9 Å². The second kappa shape index (κ2) is 4.76. The van der Waals surface area contributed by atoms with E-state index in [4.69, 9.17) is 0 Å². The Morgan fingerprint density at radius 2 is 2.25 bits per heavy atom. The maximum atomic E-state index is 13.1. The molecule has 84 valence electrons. The van der Waals surface area contributed by atoms with Crippen LogP contribution in [-0.4, -0.2) is 15.1 Å². The SMILES string of the molecule is OC(Cc1cc(F)cc(Br)c1)c1ncc[nH]1. The molecule has 0 aliphatic carbocycles. The van der Waals surface area contributed by atoms with Crippen molar-refractivity contribution in [2.24, 2.45) is 0 Å². The maximum absolute atomic E-state index is 13.1. The molecular weight excluding hydrogens is 275 g/mol. The van der Waals surface area contributed by atoms with Gasteiger partial charge in [-0.1, -0.05) is 15.9 Å². The minimum absolute atomic E-state index is 0.323. The van der Waals surface area contributed by atoms with Crippen LogP contribution in [0.2, 0.25) is 0 Å². The van der Waals surface area contributed by atoms with Gasteiger partial charge in [-0.25, -0.2) is 9.37 Å². The molecule has 3 nitrogen and oxygen atoms in total. The van der Waals surface area contributed by atoms with Gasteiger partial charge in [-0.05, 0) is 23.8 Å². The van der Waals surface area contributed by atoms with E-state index < -0.39 is 6.10 Å². The third kappa shape index (κ3) is 2.68. The number of aromatic nitrogens is 2. The number of imidazole rings is 1. The fourth-order valence-electron chi connectivity index (χ4n) is 1.51. The predicted molar refractivity (Wildman–Crippen MR) is 61.4 cm³/mol. The Morgan fingerprint density at radius 1 is 1.44 bits per heavy atom. The van der Waals surface area contributed by atoms with Gasteiger partial charge in [0.2, 0.25) is 0 Å². The lowest BCUT2D eigenvalue weighted by molar-refractivity contribution is 0.169. The predicted octanol–water partition coefficient (Wildman–Crippen LogP) is 2.59. The lowest BCUT2D eigenvalue weighted by Gasteiger charge is -2.08. The van der Waals surface area contributed by atoms with Gasteiger partial charge in [-0.15, -0.1) is 0 Å². The molecule has 0 saturated heterocycles. The van der Waals surface area contributed by atoms with Gasteiger partial charge in [0.25, 0.3) is 0 Å². The summed E-state index contributed by atoms with van der Waals surface area (Å²) < 4.78 is 13.7.